The second-order valence-electron chi connectivity index (χ2n) is 9.63. The minimum absolute atomic E-state index is 0.0505. The van der Waals surface area contributed by atoms with Gasteiger partial charge in [-0.15, -0.1) is 0 Å². The first-order chi connectivity index (χ1) is 17.9. The highest BCUT2D eigenvalue weighted by molar-refractivity contribution is 7.92. The monoisotopic (exact) mass is 583 g/mol. The van der Waals surface area contributed by atoms with Crippen LogP contribution in [0.5, 0.6) is 5.75 Å². The van der Waals surface area contributed by atoms with Gasteiger partial charge in [-0.25, -0.2) is 8.42 Å². The molecule has 1 N–H and O–H groups in total. The number of anilines is 1. The molecule has 1 unspecified atom stereocenters. The molecular weight excluding hydrogens is 549 g/mol. The summed E-state index contributed by atoms with van der Waals surface area (Å²) in [5.41, 5.74) is 1.72. The molecule has 1 atom stereocenters. The highest BCUT2D eigenvalue weighted by atomic mass is 35.5. The van der Waals surface area contributed by atoms with Gasteiger partial charge in [-0.3, -0.25) is 13.9 Å². The molecule has 2 aromatic rings. The van der Waals surface area contributed by atoms with Crippen molar-refractivity contribution in [3.05, 3.63) is 57.6 Å². The molecule has 1 saturated carbocycles. The van der Waals surface area contributed by atoms with Gasteiger partial charge in [0.25, 0.3) is 0 Å². The Kier molecular flexibility index (Phi) is 10.3. The molecule has 0 aliphatic heterocycles. The Hall–Kier alpha value is -2.49. The molecule has 208 valence electrons. The Bertz CT molecular complexity index is 1270. The predicted molar refractivity (Wildman–Crippen MR) is 151 cm³/mol. The van der Waals surface area contributed by atoms with Crippen LogP contribution in [0.1, 0.15) is 50.2 Å². The molecule has 0 saturated heterocycles. The predicted octanol–water partition coefficient (Wildman–Crippen LogP) is 4.94. The van der Waals surface area contributed by atoms with E-state index in [0.717, 1.165) is 41.8 Å². The van der Waals surface area contributed by atoms with Crippen LogP contribution >= 0.6 is 23.2 Å². The maximum Gasteiger partial charge on any atom is 0.244 e. The molecular formula is C27H35Cl2N3O5S. The van der Waals surface area contributed by atoms with E-state index in [1.807, 2.05) is 13.8 Å². The van der Waals surface area contributed by atoms with Crippen LogP contribution in [0.2, 0.25) is 10.0 Å². The van der Waals surface area contributed by atoms with Gasteiger partial charge in [0, 0.05) is 12.6 Å². The number of aryl methyl sites for hydroxylation is 1. The highest BCUT2D eigenvalue weighted by Gasteiger charge is 2.33. The number of nitrogens with zero attached hydrogens (tertiary/aromatic N) is 2. The molecule has 2 aromatic carbocycles. The Labute approximate surface area is 235 Å². The Morgan fingerprint density at radius 3 is 2.37 bits per heavy atom. The third-order valence-electron chi connectivity index (χ3n) is 6.71. The smallest absolute Gasteiger partial charge is 0.244 e. The van der Waals surface area contributed by atoms with E-state index in [1.165, 1.54) is 12.0 Å². The first-order valence-corrected chi connectivity index (χ1v) is 15.2. The highest BCUT2D eigenvalue weighted by Crippen LogP contribution is 2.31. The fourth-order valence-electron chi connectivity index (χ4n) is 4.71. The van der Waals surface area contributed by atoms with Crippen LogP contribution in [0.25, 0.3) is 0 Å². The SMILES string of the molecule is CCC(C(=O)NC1CCCC1)N(Cc1ccc(Cl)c(Cl)c1)C(=O)CN(c1cc(C)ccc1OC)S(C)(=O)=O. The van der Waals surface area contributed by atoms with Gasteiger partial charge in [-0.1, -0.05) is 55.1 Å². The van der Waals surface area contributed by atoms with Gasteiger partial charge < -0.3 is 15.0 Å². The Morgan fingerprint density at radius 1 is 1.11 bits per heavy atom. The summed E-state index contributed by atoms with van der Waals surface area (Å²) in [6.45, 7) is 3.19. The molecule has 2 amide bonds. The molecule has 0 radical (unpaired) electrons. The topological polar surface area (TPSA) is 96.0 Å². The van der Waals surface area contributed by atoms with Gasteiger partial charge in [0.15, 0.2) is 0 Å². The summed E-state index contributed by atoms with van der Waals surface area (Å²) in [5, 5.41) is 3.77. The van der Waals surface area contributed by atoms with Crippen molar-refractivity contribution in [1.82, 2.24) is 10.2 Å². The molecule has 1 aliphatic rings. The lowest BCUT2D eigenvalue weighted by Gasteiger charge is -2.33. The van der Waals surface area contributed by atoms with Crippen LogP contribution in [0.15, 0.2) is 36.4 Å². The van der Waals surface area contributed by atoms with Crippen LogP contribution in [0.4, 0.5) is 5.69 Å². The number of halogens is 2. The molecule has 1 aliphatic carbocycles. The summed E-state index contributed by atoms with van der Waals surface area (Å²) >= 11 is 12.3. The average Bonchev–Trinajstić information content (AvgIpc) is 3.36. The average molecular weight is 585 g/mol. The normalized spacial score (nSPS) is 14.7. The van der Waals surface area contributed by atoms with Gasteiger partial charge in [-0.2, -0.15) is 0 Å². The largest absolute Gasteiger partial charge is 0.495 e. The van der Waals surface area contributed by atoms with E-state index in [9.17, 15) is 18.0 Å². The van der Waals surface area contributed by atoms with Crippen molar-refractivity contribution in [3.8, 4) is 5.75 Å². The number of carbonyl (C=O) groups excluding carboxylic acids is 2. The number of carbonyl (C=O) groups is 2. The Morgan fingerprint density at radius 2 is 1.79 bits per heavy atom. The third kappa shape index (κ3) is 7.55. The molecule has 0 spiro atoms. The van der Waals surface area contributed by atoms with E-state index >= 15 is 0 Å². The molecule has 38 heavy (non-hydrogen) atoms. The lowest BCUT2D eigenvalue weighted by molar-refractivity contribution is -0.140. The quantitative estimate of drug-likeness (QED) is 0.404. The van der Waals surface area contributed by atoms with Crippen LogP contribution in [0, 0.1) is 6.92 Å². The molecule has 0 bridgehead atoms. The van der Waals surface area contributed by atoms with Crippen molar-refractivity contribution in [2.75, 3.05) is 24.2 Å². The minimum Gasteiger partial charge on any atom is -0.495 e. The van der Waals surface area contributed by atoms with Gasteiger partial charge in [-0.05, 0) is 61.6 Å². The summed E-state index contributed by atoms with van der Waals surface area (Å²) < 4.78 is 32.2. The zero-order chi connectivity index (χ0) is 28.0. The van der Waals surface area contributed by atoms with Crippen LogP contribution in [0.3, 0.4) is 0 Å². The van der Waals surface area contributed by atoms with Crippen molar-refractivity contribution in [2.45, 2.75) is 64.6 Å². The van der Waals surface area contributed by atoms with E-state index in [1.54, 1.807) is 36.4 Å². The second kappa shape index (κ2) is 13.0. The fourth-order valence-corrected chi connectivity index (χ4v) is 5.88. The summed E-state index contributed by atoms with van der Waals surface area (Å²) in [4.78, 5) is 28.7. The van der Waals surface area contributed by atoms with Gasteiger partial charge in [0.1, 0.15) is 18.3 Å². The molecule has 0 aromatic heterocycles. The van der Waals surface area contributed by atoms with Crippen molar-refractivity contribution in [2.24, 2.45) is 0 Å². The minimum atomic E-state index is -3.89. The van der Waals surface area contributed by atoms with Gasteiger partial charge >= 0.3 is 0 Å². The van der Waals surface area contributed by atoms with Crippen molar-refractivity contribution in [1.29, 1.82) is 0 Å². The number of hydrogen-bond acceptors (Lipinski definition) is 5. The first-order valence-electron chi connectivity index (χ1n) is 12.6. The maximum atomic E-state index is 13.9. The zero-order valence-corrected chi connectivity index (χ0v) is 24.5. The van der Waals surface area contributed by atoms with E-state index in [0.29, 0.717) is 27.8 Å². The van der Waals surface area contributed by atoms with Crippen molar-refractivity contribution < 1.29 is 22.7 Å². The summed E-state index contributed by atoms with van der Waals surface area (Å²) in [6, 6.07) is 9.37. The van der Waals surface area contributed by atoms with Crippen LogP contribution in [-0.2, 0) is 26.2 Å². The molecule has 1 fully saturated rings. The van der Waals surface area contributed by atoms with Gasteiger partial charge in [0.05, 0.1) is 29.1 Å². The molecule has 0 heterocycles. The number of sulfonamides is 1. The number of ether oxygens (including phenoxy) is 1. The third-order valence-corrected chi connectivity index (χ3v) is 8.57. The Balaban J connectivity index is 1.99. The number of nitrogens with one attached hydrogen (secondary N) is 1. The van der Waals surface area contributed by atoms with Crippen LogP contribution < -0.4 is 14.4 Å². The standard InChI is InChI=1S/C27H35Cl2N3O5S/c1-5-23(27(34)30-20-8-6-7-9-20)31(16-19-11-12-21(28)22(29)15-19)26(33)17-32(38(4,35)36)24-14-18(2)10-13-25(24)37-3/h10-15,20,23H,5-9,16-17H2,1-4H3,(H,30,34). The zero-order valence-electron chi connectivity index (χ0n) is 22.2. The number of hydrogen-bond donors (Lipinski definition) is 1. The number of rotatable bonds is 11. The lowest BCUT2D eigenvalue weighted by atomic mass is 10.1. The van der Waals surface area contributed by atoms with Gasteiger partial charge in [0.2, 0.25) is 21.8 Å². The fraction of sp³-hybridized carbons (Fsp3) is 0.481. The van der Waals surface area contributed by atoms with Crippen molar-refractivity contribution in [3.63, 3.8) is 0 Å². The van der Waals surface area contributed by atoms with E-state index < -0.39 is 28.5 Å². The maximum absolute atomic E-state index is 13.9. The number of methoxy groups -OCH3 is 1. The summed E-state index contributed by atoms with van der Waals surface area (Å²) in [7, 11) is -2.45. The second-order valence-corrected chi connectivity index (χ2v) is 12.4. The van der Waals surface area contributed by atoms with E-state index in [2.05, 4.69) is 5.32 Å². The molecule has 8 nitrogen and oxygen atoms in total. The number of amides is 2. The number of benzene rings is 2. The van der Waals surface area contributed by atoms with E-state index in [-0.39, 0.29) is 24.2 Å². The summed E-state index contributed by atoms with van der Waals surface area (Å²) in [6.07, 6.45) is 5.29. The van der Waals surface area contributed by atoms with E-state index in [4.69, 9.17) is 27.9 Å². The first kappa shape index (κ1) is 30.1. The van der Waals surface area contributed by atoms with Crippen LogP contribution in [-0.4, -0.2) is 57.1 Å². The van der Waals surface area contributed by atoms with Crippen molar-refractivity contribution >= 4 is 50.7 Å². The summed E-state index contributed by atoms with van der Waals surface area (Å²) in [5.74, 6) is -0.471. The molecule has 3 rings (SSSR count). The molecule has 11 heteroatoms. The lowest BCUT2D eigenvalue weighted by Crippen LogP contribution is -2.53.